The number of halogens is 1. The summed E-state index contributed by atoms with van der Waals surface area (Å²) in [7, 11) is 0. The first-order valence-electron chi connectivity index (χ1n) is 7.56. The number of nitrogens with zero attached hydrogens (tertiary/aromatic N) is 1. The highest BCUT2D eigenvalue weighted by Gasteiger charge is 2.16. The van der Waals surface area contributed by atoms with Crippen molar-refractivity contribution >= 4 is 0 Å². The fraction of sp³-hybridized carbons (Fsp3) is 0.471. The van der Waals surface area contributed by atoms with E-state index in [4.69, 9.17) is 9.15 Å². The molecule has 1 saturated carbocycles. The molecule has 0 saturated heterocycles. The van der Waals surface area contributed by atoms with Crippen LogP contribution in [0, 0.1) is 12.7 Å². The average Bonchev–Trinajstić information content (AvgIpc) is 2.88. The van der Waals surface area contributed by atoms with Gasteiger partial charge in [0.05, 0.1) is 12.7 Å². The van der Waals surface area contributed by atoms with Crippen LogP contribution in [0.3, 0.4) is 0 Å². The van der Waals surface area contributed by atoms with Gasteiger partial charge in [-0.15, -0.1) is 0 Å². The Bertz CT molecular complexity index is 585. The Kier molecular flexibility index (Phi) is 4.34. The van der Waals surface area contributed by atoms with Crippen LogP contribution in [0.4, 0.5) is 4.39 Å². The van der Waals surface area contributed by atoms with Crippen molar-refractivity contribution in [1.82, 2.24) is 4.98 Å². The van der Waals surface area contributed by atoms with Crippen LogP contribution in [0.2, 0.25) is 0 Å². The van der Waals surface area contributed by atoms with Gasteiger partial charge in [-0.1, -0.05) is 19.3 Å². The van der Waals surface area contributed by atoms with Crippen LogP contribution < -0.4 is 0 Å². The maximum Gasteiger partial charge on any atom is 0.226 e. The molecule has 21 heavy (non-hydrogen) atoms. The maximum atomic E-state index is 12.9. The molecule has 0 radical (unpaired) electrons. The highest BCUT2D eigenvalue weighted by atomic mass is 19.1. The van der Waals surface area contributed by atoms with E-state index in [2.05, 4.69) is 4.98 Å². The Balaban J connectivity index is 1.67. The lowest BCUT2D eigenvalue weighted by Gasteiger charge is -2.21. The van der Waals surface area contributed by atoms with Gasteiger partial charge in [-0.3, -0.25) is 0 Å². The summed E-state index contributed by atoms with van der Waals surface area (Å²) in [4.78, 5) is 4.48. The molecule has 0 spiro atoms. The topological polar surface area (TPSA) is 35.3 Å². The Morgan fingerprint density at radius 1 is 1.19 bits per heavy atom. The highest BCUT2D eigenvalue weighted by Crippen LogP contribution is 2.25. The van der Waals surface area contributed by atoms with Crippen LogP contribution >= 0.6 is 0 Å². The van der Waals surface area contributed by atoms with Crippen molar-refractivity contribution in [2.75, 3.05) is 0 Å². The molecule has 0 unspecified atom stereocenters. The largest absolute Gasteiger partial charge is 0.441 e. The van der Waals surface area contributed by atoms with Crippen LogP contribution in [0.15, 0.2) is 28.7 Å². The number of ether oxygens (including phenoxy) is 1. The van der Waals surface area contributed by atoms with Gasteiger partial charge in [0, 0.05) is 5.56 Å². The van der Waals surface area contributed by atoms with Crippen molar-refractivity contribution in [2.45, 2.75) is 51.7 Å². The van der Waals surface area contributed by atoms with Gasteiger partial charge < -0.3 is 9.15 Å². The van der Waals surface area contributed by atoms with E-state index in [9.17, 15) is 4.39 Å². The molecule has 0 aliphatic heterocycles. The third kappa shape index (κ3) is 3.50. The standard InChI is InChI=1S/C17H20FNO2/c1-12-16(11-20-15-5-3-2-4-6-15)19-17(21-12)13-7-9-14(18)10-8-13/h7-10,15H,2-6,11H2,1H3. The quantitative estimate of drug-likeness (QED) is 0.822. The lowest BCUT2D eigenvalue weighted by molar-refractivity contribution is 0.0149. The summed E-state index contributed by atoms with van der Waals surface area (Å²) in [6.45, 7) is 2.38. The second-order valence-electron chi connectivity index (χ2n) is 5.60. The SMILES string of the molecule is Cc1oc(-c2ccc(F)cc2)nc1COC1CCCCC1. The molecule has 0 bridgehead atoms. The van der Waals surface area contributed by atoms with Gasteiger partial charge in [0.25, 0.3) is 0 Å². The molecule has 4 heteroatoms. The van der Waals surface area contributed by atoms with Gasteiger partial charge in [0.1, 0.15) is 17.3 Å². The number of oxazole rings is 1. The molecule has 1 heterocycles. The molecule has 1 aliphatic rings. The van der Waals surface area contributed by atoms with Gasteiger partial charge >= 0.3 is 0 Å². The summed E-state index contributed by atoms with van der Waals surface area (Å²) in [6.07, 6.45) is 6.46. The highest BCUT2D eigenvalue weighted by molar-refractivity contribution is 5.53. The number of aromatic nitrogens is 1. The number of rotatable bonds is 4. The van der Waals surface area contributed by atoms with E-state index in [1.165, 1.54) is 31.4 Å². The molecule has 0 amide bonds. The van der Waals surface area contributed by atoms with Gasteiger partial charge in [-0.2, -0.15) is 0 Å². The van der Waals surface area contributed by atoms with E-state index in [1.807, 2.05) is 6.92 Å². The van der Waals surface area contributed by atoms with Crippen molar-refractivity contribution in [3.05, 3.63) is 41.5 Å². The second-order valence-corrected chi connectivity index (χ2v) is 5.60. The molecular formula is C17H20FNO2. The summed E-state index contributed by atoms with van der Waals surface area (Å²) in [5.74, 6) is 1.03. The molecule has 1 fully saturated rings. The number of aryl methyl sites for hydroxylation is 1. The minimum Gasteiger partial charge on any atom is -0.441 e. The average molecular weight is 289 g/mol. The normalized spacial score (nSPS) is 16.3. The molecule has 3 rings (SSSR count). The fourth-order valence-electron chi connectivity index (χ4n) is 2.71. The smallest absolute Gasteiger partial charge is 0.226 e. The molecular weight excluding hydrogens is 269 g/mol. The Morgan fingerprint density at radius 2 is 1.90 bits per heavy atom. The summed E-state index contributed by atoms with van der Waals surface area (Å²) >= 11 is 0. The fourth-order valence-corrected chi connectivity index (χ4v) is 2.71. The number of hydrogen-bond donors (Lipinski definition) is 0. The summed E-state index contributed by atoms with van der Waals surface area (Å²) in [5.41, 5.74) is 1.61. The van der Waals surface area contributed by atoms with Crippen LogP contribution in [0.5, 0.6) is 0 Å². The van der Waals surface area contributed by atoms with E-state index in [0.29, 0.717) is 18.6 Å². The van der Waals surface area contributed by atoms with Crippen molar-refractivity contribution in [2.24, 2.45) is 0 Å². The van der Waals surface area contributed by atoms with E-state index >= 15 is 0 Å². The molecule has 0 atom stereocenters. The van der Waals surface area contributed by atoms with Crippen LogP contribution in [0.25, 0.3) is 11.5 Å². The minimum atomic E-state index is -0.261. The monoisotopic (exact) mass is 289 g/mol. The predicted octanol–water partition coefficient (Wildman–Crippen LogP) is 4.64. The number of hydrogen-bond acceptors (Lipinski definition) is 3. The molecule has 1 aliphatic carbocycles. The van der Waals surface area contributed by atoms with Crippen molar-refractivity contribution in [3.63, 3.8) is 0 Å². The van der Waals surface area contributed by atoms with Crippen LogP contribution in [-0.4, -0.2) is 11.1 Å². The van der Waals surface area contributed by atoms with E-state index < -0.39 is 0 Å². The molecule has 112 valence electrons. The molecule has 1 aromatic heterocycles. The van der Waals surface area contributed by atoms with Gasteiger partial charge in [-0.05, 0) is 44.0 Å². The Hall–Kier alpha value is -1.68. The molecule has 2 aromatic rings. The van der Waals surface area contributed by atoms with Gasteiger partial charge in [0.2, 0.25) is 5.89 Å². The second kappa shape index (κ2) is 6.39. The van der Waals surface area contributed by atoms with Crippen molar-refractivity contribution in [3.8, 4) is 11.5 Å². The zero-order valence-corrected chi connectivity index (χ0v) is 12.3. The van der Waals surface area contributed by atoms with E-state index in [-0.39, 0.29) is 5.82 Å². The lowest BCUT2D eigenvalue weighted by atomic mass is 9.98. The van der Waals surface area contributed by atoms with Gasteiger partial charge in [-0.25, -0.2) is 9.37 Å². The minimum absolute atomic E-state index is 0.261. The first-order chi connectivity index (χ1) is 10.2. The first kappa shape index (κ1) is 14.3. The zero-order valence-electron chi connectivity index (χ0n) is 12.3. The van der Waals surface area contributed by atoms with Crippen LogP contribution in [-0.2, 0) is 11.3 Å². The zero-order chi connectivity index (χ0) is 14.7. The van der Waals surface area contributed by atoms with Crippen molar-refractivity contribution < 1.29 is 13.5 Å². The maximum absolute atomic E-state index is 12.9. The predicted molar refractivity (Wildman–Crippen MR) is 78.3 cm³/mol. The van der Waals surface area contributed by atoms with Gasteiger partial charge in [0.15, 0.2) is 0 Å². The van der Waals surface area contributed by atoms with Crippen LogP contribution in [0.1, 0.15) is 43.6 Å². The molecule has 1 aromatic carbocycles. The summed E-state index contributed by atoms with van der Waals surface area (Å²) in [5, 5.41) is 0. The number of benzene rings is 1. The molecule has 0 N–H and O–H groups in total. The van der Waals surface area contributed by atoms with E-state index in [0.717, 1.165) is 29.9 Å². The van der Waals surface area contributed by atoms with E-state index in [1.54, 1.807) is 12.1 Å². The third-order valence-corrected chi connectivity index (χ3v) is 3.99. The Morgan fingerprint density at radius 3 is 2.62 bits per heavy atom. The lowest BCUT2D eigenvalue weighted by Crippen LogP contribution is -2.16. The van der Waals surface area contributed by atoms with Crippen molar-refractivity contribution in [1.29, 1.82) is 0 Å². The summed E-state index contributed by atoms with van der Waals surface area (Å²) < 4.78 is 24.5. The first-order valence-corrected chi connectivity index (χ1v) is 7.56. The Labute approximate surface area is 124 Å². The summed E-state index contributed by atoms with van der Waals surface area (Å²) in [6, 6.07) is 6.17. The molecule has 3 nitrogen and oxygen atoms in total. The third-order valence-electron chi connectivity index (χ3n) is 3.99.